The summed E-state index contributed by atoms with van der Waals surface area (Å²) in [5.74, 6) is 0.976. The van der Waals surface area contributed by atoms with Gasteiger partial charge in [-0.25, -0.2) is 4.98 Å². The zero-order valence-corrected chi connectivity index (χ0v) is 14.1. The van der Waals surface area contributed by atoms with E-state index in [-0.39, 0.29) is 0 Å². The van der Waals surface area contributed by atoms with Gasteiger partial charge in [-0.2, -0.15) is 5.10 Å². The Morgan fingerprint density at radius 2 is 2.13 bits per heavy atom. The van der Waals surface area contributed by atoms with E-state index < -0.39 is 6.10 Å². The fourth-order valence-corrected chi connectivity index (χ4v) is 2.88. The molecule has 23 heavy (non-hydrogen) atoms. The van der Waals surface area contributed by atoms with Crippen molar-refractivity contribution in [1.82, 2.24) is 19.7 Å². The molecule has 1 aliphatic heterocycles. The highest BCUT2D eigenvalue weighted by Gasteiger charge is 2.20. The summed E-state index contributed by atoms with van der Waals surface area (Å²) in [6.07, 6.45) is 2.20. The van der Waals surface area contributed by atoms with Gasteiger partial charge in [0.15, 0.2) is 0 Å². The Balaban J connectivity index is 1.66. The van der Waals surface area contributed by atoms with Crippen LogP contribution in [0.4, 0.5) is 5.82 Å². The molecule has 0 amide bonds. The van der Waals surface area contributed by atoms with Gasteiger partial charge in [0.25, 0.3) is 0 Å². The average molecular weight is 315 g/mol. The molecule has 6 nitrogen and oxygen atoms in total. The molecule has 2 aromatic heterocycles. The fourth-order valence-electron chi connectivity index (χ4n) is 2.88. The van der Waals surface area contributed by atoms with Gasteiger partial charge in [0.2, 0.25) is 0 Å². The number of aromatic nitrogens is 3. The number of fused-ring (bicyclic) bond motifs is 1. The van der Waals surface area contributed by atoms with E-state index in [4.69, 9.17) is 0 Å². The van der Waals surface area contributed by atoms with Crippen molar-refractivity contribution in [2.24, 2.45) is 0 Å². The molecule has 0 aliphatic carbocycles. The van der Waals surface area contributed by atoms with Crippen LogP contribution in [-0.2, 0) is 19.6 Å². The summed E-state index contributed by atoms with van der Waals surface area (Å²) in [5, 5.41) is 14.5. The zero-order chi connectivity index (χ0) is 16.4. The molecule has 2 aromatic rings. The standard InChI is InChI=1S/C17H25N5O/c1-4-16(23)15-9-14-12-21(7-8-22(14)19-15)11-13-5-6-17(18-10-13)20(2)3/h5-6,9-10,16,23H,4,7-8,11-12H2,1-3H3. The van der Waals surface area contributed by atoms with Crippen molar-refractivity contribution in [2.75, 3.05) is 25.5 Å². The fraction of sp³-hybridized carbons (Fsp3) is 0.529. The van der Waals surface area contributed by atoms with E-state index >= 15 is 0 Å². The lowest BCUT2D eigenvalue weighted by Gasteiger charge is -2.27. The van der Waals surface area contributed by atoms with Gasteiger partial charge in [-0.3, -0.25) is 9.58 Å². The van der Waals surface area contributed by atoms with Gasteiger partial charge in [-0.1, -0.05) is 13.0 Å². The highest BCUT2D eigenvalue weighted by Crippen LogP contribution is 2.21. The molecule has 0 radical (unpaired) electrons. The first-order valence-corrected chi connectivity index (χ1v) is 8.16. The van der Waals surface area contributed by atoms with Crippen molar-refractivity contribution in [2.45, 2.75) is 39.1 Å². The molecule has 1 unspecified atom stereocenters. The molecular weight excluding hydrogens is 290 g/mol. The second-order valence-corrected chi connectivity index (χ2v) is 6.34. The summed E-state index contributed by atoms with van der Waals surface area (Å²) < 4.78 is 2.03. The van der Waals surface area contributed by atoms with Crippen LogP contribution in [0.1, 0.15) is 36.4 Å². The Bertz CT molecular complexity index is 650. The Labute approximate surface area is 137 Å². The zero-order valence-electron chi connectivity index (χ0n) is 14.1. The minimum Gasteiger partial charge on any atom is -0.387 e. The van der Waals surface area contributed by atoms with Gasteiger partial charge in [-0.05, 0) is 24.1 Å². The third-order valence-electron chi connectivity index (χ3n) is 4.30. The van der Waals surface area contributed by atoms with E-state index in [0.717, 1.165) is 37.7 Å². The maximum Gasteiger partial charge on any atom is 0.127 e. The summed E-state index contributed by atoms with van der Waals surface area (Å²) in [7, 11) is 3.99. The molecule has 1 aliphatic rings. The molecule has 0 spiro atoms. The molecule has 124 valence electrons. The molecule has 1 N–H and O–H groups in total. The maximum absolute atomic E-state index is 9.95. The lowest BCUT2D eigenvalue weighted by Crippen LogP contribution is -2.33. The largest absolute Gasteiger partial charge is 0.387 e. The number of hydrogen-bond donors (Lipinski definition) is 1. The van der Waals surface area contributed by atoms with Crippen LogP contribution in [0.5, 0.6) is 0 Å². The van der Waals surface area contributed by atoms with Crippen molar-refractivity contribution in [3.05, 3.63) is 41.3 Å². The Morgan fingerprint density at radius 1 is 1.30 bits per heavy atom. The van der Waals surface area contributed by atoms with Crippen LogP contribution in [0.2, 0.25) is 0 Å². The Hall–Kier alpha value is -1.92. The number of nitrogens with zero attached hydrogens (tertiary/aromatic N) is 5. The van der Waals surface area contributed by atoms with E-state index in [1.54, 1.807) is 0 Å². The van der Waals surface area contributed by atoms with Crippen molar-refractivity contribution < 1.29 is 5.11 Å². The lowest BCUT2D eigenvalue weighted by molar-refractivity contribution is 0.166. The smallest absolute Gasteiger partial charge is 0.127 e. The van der Waals surface area contributed by atoms with Crippen LogP contribution in [-0.4, -0.2) is 45.4 Å². The number of hydrogen-bond acceptors (Lipinski definition) is 5. The SMILES string of the molecule is CCC(O)c1cc2n(n1)CCN(Cc1ccc(N(C)C)nc1)C2. The van der Waals surface area contributed by atoms with Crippen LogP contribution in [0, 0.1) is 0 Å². The van der Waals surface area contributed by atoms with E-state index in [2.05, 4.69) is 27.1 Å². The predicted molar refractivity (Wildman–Crippen MR) is 90.2 cm³/mol. The Morgan fingerprint density at radius 3 is 2.78 bits per heavy atom. The number of anilines is 1. The highest BCUT2D eigenvalue weighted by atomic mass is 16.3. The number of aliphatic hydroxyl groups is 1. The number of aliphatic hydroxyl groups excluding tert-OH is 1. The molecule has 0 aromatic carbocycles. The second kappa shape index (κ2) is 6.68. The van der Waals surface area contributed by atoms with Crippen molar-refractivity contribution >= 4 is 5.82 Å². The van der Waals surface area contributed by atoms with Crippen LogP contribution in [0.15, 0.2) is 24.4 Å². The van der Waals surface area contributed by atoms with Gasteiger partial charge in [0.05, 0.1) is 24.0 Å². The number of pyridine rings is 1. The highest BCUT2D eigenvalue weighted by molar-refractivity contribution is 5.37. The minimum atomic E-state index is -0.454. The monoisotopic (exact) mass is 315 g/mol. The Kier molecular flexibility index (Phi) is 4.63. The molecular formula is C17H25N5O. The van der Waals surface area contributed by atoms with E-state index in [9.17, 15) is 5.11 Å². The summed E-state index contributed by atoms with van der Waals surface area (Å²) in [4.78, 5) is 8.87. The third kappa shape index (κ3) is 3.54. The third-order valence-corrected chi connectivity index (χ3v) is 4.30. The van der Waals surface area contributed by atoms with Crippen LogP contribution in [0.25, 0.3) is 0 Å². The first kappa shape index (κ1) is 16.0. The van der Waals surface area contributed by atoms with Gasteiger partial charge in [0.1, 0.15) is 5.82 Å². The van der Waals surface area contributed by atoms with Gasteiger partial charge in [0, 0.05) is 39.9 Å². The molecule has 3 heterocycles. The minimum absolute atomic E-state index is 0.454. The van der Waals surface area contributed by atoms with Gasteiger partial charge >= 0.3 is 0 Å². The number of rotatable bonds is 5. The molecule has 1 atom stereocenters. The van der Waals surface area contributed by atoms with Crippen LogP contribution in [0.3, 0.4) is 0 Å². The van der Waals surface area contributed by atoms with Crippen molar-refractivity contribution in [3.63, 3.8) is 0 Å². The first-order valence-electron chi connectivity index (χ1n) is 8.16. The molecule has 0 saturated heterocycles. The first-order chi connectivity index (χ1) is 11.1. The van der Waals surface area contributed by atoms with Crippen LogP contribution < -0.4 is 4.90 Å². The van der Waals surface area contributed by atoms with E-state index in [1.165, 1.54) is 11.3 Å². The predicted octanol–water partition coefficient (Wildman–Crippen LogP) is 1.80. The molecule has 0 saturated carbocycles. The second-order valence-electron chi connectivity index (χ2n) is 6.34. The van der Waals surface area contributed by atoms with E-state index in [1.807, 2.05) is 42.9 Å². The lowest BCUT2D eigenvalue weighted by atomic mass is 10.2. The average Bonchev–Trinajstić information content (AvgIpc) is 2.98. The molecule has 0 bridgehead atoms. The van der Waals surface area contributed by atoms with Crippen LogP contribution >= 0.6 is 0 Å². The van der Waals surface area contributed by atoms with E-state index in [0.29, 0.717) is 6.42 Å². The van der Waals surface area contributed by atoms with Gasteiger partial charge in [-0.15, -0.1) is 0 Å². The summed E-state index contributed by atoms with van der Waals surface area (Å²) >= 11 is 0. The maximum atomic E-state index is 9.95. The van der Waals surface area contributed by atoms with Crippen molar-refractivity contribution in [1.29, 1.82) is 0 Å². The molecule has 6 heteroatoms. The molecule has 0 fully saturated rings. The quantitative estimate of drug-likeness (QED) is 0.912. The summed E-state index contributed by atoms with van der Waals surface area (Å²) in [6, 6.07) is 6.23. The molecule has 3 rings (SSSR count). The summed E-state index contributed by atoms with van der Waals surface area (Å²) in [6.45, 7) is 5.55. The summed E-state index contributed by atoms with van der Waals surface area (Å²) in [5.41, 5.74) is 3.19. The van der Waals surface area contributed by atoms with Gasteiger partial charge < -0.3 is 10.0 Å². The topological polar surface area (TPSA) is 57.4 Å². The normalized spacial score (nSPS) is 16.2. The van der Waals surface area contributed by atoms with Crippen molar-refractivity contribution in [3.8, 4) is 0 Å².